The number of amides is 1. The highest BCUT2D eigenvalue weighted by molar-refractivity contribution is 5.81. The summed E-state index contributed by atoms with van der Waals surface area (Å²) in [6, 6.07) is 7.79. The number of fused-ring (bicyclic) bond motifs is 1. The van der Waals surface area contributed by atoms with E-state index in [1.165, 1.54) is 12.3 Å². The zero-order valence-electron chi connectivity index (χ0n) is 15.7. The van der Waals surface area contributed by atoms with Gasteiger partial charge in [0.1, 0.15) is 11.2 Å². The van der Waals surface area contributed by atoms with Crippen LogP contribution in [-0.2, 0) is 17.4 Å². The number of hydrogen-bond donors (Lipinski definition) is 1. The van der Waals surface area contributed by atoms with Crippen molar-refractivity contribution in [2.24, 2.45) is 0 Å². The zero-order valence-corrected chi connectivity index (χ0v) is 15.7. The normalized spacial score (nSPS) is 17.1. The fraction of sp³-hybridized carbons (Fsp3) is 0.350. The fourth-order valence-corrected chi connectivity index (χ4v) is 3.52. The van der Waals surface area contributed by atoms with Crippen LogP contribution < -0.4 is 10.2 Å². The minimum absolute atomic E-state index is 0.0668. The Balaban J connectivity index is 1.33. The van der Waals surface area contributed by atoms with E-state index in [1.54, 1.807) is 13.0 Å². The molecule has 2 aromatic heterocycles. The average Bonchev–Trinajstić information content (AvgIpc) is 3.26. The molecule has 3 heterocycles. The van der Waals surface area contributed by atoms with Gasteiger partial charge >= 0.3 is 6.18 Å². The molecule has 1 amide bonds. The lowest BCUT2D eigenvalue weighted by Crippen LogP contribution is -2.38. The smallest absolute Gasteiger partial charge is 0.433 e. The third-order valence-corrected chi connectivity index (χ3v) is 4.88. The molecule has 0 radical (unpaired) electrons. The number of oxazole rings is 1. The summed E-state index contributed by atoms with van der Waals surface area (Å²) in [6.45, 7) is 2.94. The number of alkyl halides is 3. The minimum Gasteiger partial charge on any atom is -0.441 e. The minimum atomic E-state index is -4.45. The van der Waals surface area contributed by atoms with Gasteiger partial charge < -0.3 is 14.6 Å². The molecule has 1 aliphatic heterocycles. The molecule has 0 aliphatic carbocycles. The van der Waals surface area contributed by atoms with Crippen LogP contribution in [0.5, 0.6) is 0 Å². The van der Waals surface area contributed by atoms with Crippen molar-refractivity contribution in [2.75, 3.05) is 18.0 Å². The number of benzene rings is 1. The number of aryl methyl sites for hydroxylation is 1. The van der Waals surface area contributed by atoms with Crippen molar-refractivity contribution in [3.8, 4) is 0 Å². The van der Waals surface area contributed by atoms with Crippen LogP contribution in [0.3, 0.4) is 0 Å². The van der Waals surface area contributed by atoms with Crippen molar-refractivity contribution in [1.29, 1.82) is 0 Å². The average molecular weight is 404 g/mol. The van der Waals surface area contributed by atoms with E-state index in [2.05, 4.69) is 15.3 Å². The Labute approximate surface area is 164 Å². The molecule has 6 nitrogen and oxygen atoms in total. The molecule has 4 rings (SSSR count). The predicted octanol–water partition coefficient (Wildman–Crippen LogP) is 3.49. The lowest BCUT2D eigenvalue weighted by atomic mass is 10.1. The first kappa shape index (κ1) is 19.2. The summed E-state index contributed by atoms with van der Waals surface area (Å²) >= 11 is 0. The maximum absolute atomic E-state index is 12.6. The lowest BCUT2D eigenvalue weighted by Gasteiger charge is -2.19. The van der Waals surface area contributed by atoms with Gasteiger partial charge in [0.25, 0.3) is 0 Å². The molecule has 1 unspecified atom stereocenters. The second kappa shape index (κ2) is 7.38. The quantitative estimate of drug-likeness (QED) is 0.721. The van der Waals surface area contributed by atoms with Gasteiger partial charge in [-0.3, -0.25) is 4.79 Å². The van der Waals surface area contributed by atoms with Crippen molar-refractivity contribution < 1.29 is 22.4 Å². The number of hydrogen-bond acceptors (Lipinski definition) is 5. The van der Waals surface area contributed by atoms with E-state index in [9.17, 15) is 18.0 Å². The number of anilines is 1. The fourth-order valence-electron chi connectivity index (χ4n) is 3.52. The van der Waals surface area contributed by atoms with E-state index in [0.717, 1.165) is 17.1 Å². The van der Waals surface area contributed by atoms with Crippen LogP contribution in [0, 0.1) is 6.92 Å². The predicted molar refractivity (Wildman–Crippen MR) is 100 cm³/mol. The summed E-state index contributed by atoms with van der Waals surface area (Å²) in [7, 11) is 0. The molecule has 3 aromatic rings. The standard InChI is InChI=1S/C20H19F3N4O2/c1-12-25-16-8-13(2-4-17(16)29-12)9-19(28)26-14-6-7-27(11-14)15-3-5-18(24-10-15)20(21,22)23/h2-5,8,10,14H,6-7,9,11H2,1H3,(H,26,28). The van der Waals surface area contributed by atoms with Gasteiger partial charge in [0, 0.05) is 26.1 Å². The van der Waals surface area contributed by atoms with Crippen LogP contribution in [0.2, 0.25) is 0 Å². The molecule has 152 valence electrons. The van der Waals surface area contributed by atoms with Crippen LogP contribution in [-0.4, -0.2) is 35.0 Å². The van der Waals surface area contributed by atoms with Crippen molar-refractivity contribution in [2.45, 2.75) is 32.0 Å². The van der Waals surface area contributed by atoms with Crippen molar-refractivity contribution in [3.63, 3.8) is 0 Å². The number of aromatic nitrogens is 2. The number of halogens is 3. The van der Waals surface area contributed by atoms with E-state index in [4.69, 9.17) is 4.42 Å². The van der Waals surface area contributed by atoms with Gasteiger partial charge in [-0.15, -0.1) is 0 Å². The largest absolute Gasteiger partial charge is 0.441 e. The lowest BCUT2D eigenvalue weighted by molar-refractivity contribution is -0.141. The Bertz CT molecular complexity index is 1030. The second-order valence-corrected chi connectivity index (χ2v) is 7.11. The second-order valence-electron chi connectivity index (χ2n) is 7.11. The molecule has 9 heteroatoms. The molecule has 0 saturated carbocycles. The van der Waals surface area contributed by atoms with Crippen LogP contribution in [0.1, 0.15) is 23.6 Å². The first-order valence-corrected chi connectivity index (χ1v) is 9.21. The summed E-state index contributed by atoms with van der Waals surface area (Å²) in [5.41, 5.74) is 1.94. The maximum atomic E-state index is 12.6. The topological polar surface area (TPSA) is 71.3 Å². The Morgan fingerprint density at radius 3 is 2.86 bits per heavy atom. The summed E-state index contributed by atoms with van der Waals surface area (Å²) in [6.07, 6.45) is -2.29. The summed E-state index contributed by atoms with van der Waals surface area (Å²) in [5.74, 6) is 0.465. The molecule has 1 N–H and O–H groups in total. The number of nitrogens with zero attached hydrogens (tertiary/aromatic N) is 3. The number of carbonyl (C=O) groups excluding carboxylic acids is 1. The van der Waals surface area contributed by atoms with Gasteiger partial charge in [0.05, 0.1) is 18.3 Å². The van der Waals surface area contributed by atoms with Crippen molar-refractivity contribution in [3.05, 3.63) is 53.7 Å². The van der Waals surface area contributed by atoms with Crippen LogP contribution in [0.4, 0.5) is 18.9 Å². The summed E-state index contributed by atoms with van der Waals surface area (Å²) in [4.78, 5) is 22.1. The van der Waals surface area contributed by atoms with E-state index in [1.807, 2.05) is 17.0 Å². The molecule has 1 fully saturated rings. The molecule has 1 aromatic carbocycles. The van der Waals surface area contributed by atoms with E-state index in [-0.39, 0.29) is 18.4 Å². The number of pyridine rings is 1. The number of rotatable bonds is 4. The molecule has 0 spiro atoms. The highest BCUT2D eigenvalue weighted by Crippen LogP contribution is 2.29. The van der Waals surface area contributed by atoms with E-state index < -0.39 is 11.9 Å². The van der Waals surface area contributed by atoms with Crippen LogP contribution in [0.25, 0.3) is 11.1 Å². The monoisotopic (exact) mass is 404 g/mol. The third-order valence-electron chi connectivity index (χ3n) is 4.88. The van der Waals surface area contributed by atoms with E-state index >= 15 is 0 Å². The van der Waals surface area contributed by atoms with Crippen LogP contribution >= 0.6 is 0 Å². The number of carbonyl (C=O) groups is 1. The third kappa shape index (κ3) is 4.33. The summed E-state index contributed by atoms with van der Waals surface area (Å²) in [5, 5.41) is 2.99. The Morgan fingerprint density at radius 2 is 2.14 bits per heavy atom. The van der Waals surface area contributed by atoms with Gasteiger partial charge in [-0.2, -0.15) is 13.2 Å². The van der Waals surface area contributed by atoms with Gasteiger partial charge in [0.15, 0.2) is 11.5 Å². The first-order chi connectivity index (χ1) is 13.8. The Morgan fingerprint density at radius 1 is 1.31 bits per heavy atom. The molecule has 1 saturated heterocycles. The molecule has 1 atom stereocenters. The molecular formula is C20H19F3N4O2. The highest BCUT2D eigenvalue weighted by atomic mass is 19.4. The molecule has 0 bridgehead atoms. The van der Waals surface area contributed by atoms with Crippen LogP contribution in [0.15, 0.2) is 40.9 Å². The summed E-state index contributed by atoms with van der Waals surface area (Å²) < 4.78 is 43.3. The van der Waals surface area contributed by atoms with Gasteiger partial charge in [-0.25, -0.2) is 9.97 Å². The van der Waals surface area contributed by atoms with Gasteiger partial charge in [0.2, 0.25) is 5.91 Å². The Hall–Kier alpha value is -3.10. The molecular weight excluding hydrogens is 385 g/mol. The van der Waals surface area contributed by atoms with Crippen molar-refractivity contribution >= 4 is 22.7 Å². The SMILES string of the molecule is Cc1nc2cc(CC(=O)NC3CCN(c4ccc(C(F)(F)F)nc4)C3)ccc2o1. The van der Waals surface area contributed by atoms with Crippen molar-refractivity contribution in [1.82, 2.24) is 15.3 Å². The molecule has 29 heavy (non-hydrogen) atoms. The first-order valence-electron chi connectivity index (χ1n) is 9.21. The molecule has 1 aliphatic rings. The van der Waals surface area contributed by atoms with Gasteiger partial charge in [-0.05, 0) is 36.2 Å². The van der Waals surface area contributed by atoms with E-state index in [0.29, 0.717) is 36.7 Å². The number of nitrogens with one attached hydrogen (secondary N) is 1. The Kier molecular flexibility index (Phi) is 4.89. The van der Waals surface area contributed by atoms with Gasteiger partial charge in [-0.1, -0.05) is 6.07 Å². The highest BCUT2D eigenvalue weighted by Gasteiger charge is 2.32. The maximum Gasteiger partial charge on any atom is 0.433 e. The zero-order chi connectivity index (χ0) is 20.6.